The van der Waals surface area contributed by atoms with Gasteiger partial charge in [0, 0.05) is 0 Å². The Morgan fingerprint density at radius 3 is 2.50 bits per heavy atom. The Hall–Kier alpha value is -2.05. The summed E-state index contributed by atoms with van der Waals surface area (Å²) in [5.41, 5.74) is -0.156. The first-order chi connectivity index (χ1) is 7.51. The molecule has 1 aliphatic heterocycles. The summed E-state index contributed by atoms with van der Waals surface area (Å²) < 4.78 is 8.75. The third-order valence-corrected chi connectivity index (χ3v) is 2.10. The number of esters is 2. The first kappa shape index (κ1) is 12.0. The molecule has 0 fully saturated rings. The van der Waals surface area contributed by atoms with Crippen molar-refractivity contribution in [3.05, 3.63) is 11.3 Å². The van der Waals surface area contributed by atoms with Crippen LogP contribution < -0.4 is 0 Å². The minimum Gasteiger partial charge on any atom is -0.503 e. The van der Waals surface area contributed by atoms with Gasteiger partial charge in [-0.2, -0.15) is 0 Å². The normalized spacial score (nSPS) is 15.4. The van der Waals surface area contributed by atoms with Crippen LogP contribution in [0.3, 0.4) is 0 Å². The molecule has 1 N–H and O–H groups in total. The fourth-order valence-electron chi connectivity index (χ4n) is 1.25. The summed E-state index contributed by atoms with van der Waals surface area (Å²) in [6.45, 7) is -0.480. The summed E-state index contributed by atoms with van der Waals surface area (Å²) in [5.74, 6) is -2.90. The molecule has 0 aliphatic carbocycles. The Balaban J connectivity index is 2.77. The molecule has 1 heterocycles. The van der Waals surface area contributed by atoms with Crippen molar-refractivity contribution in [1.29, 1.82) is 0 Å². The molecular formula is C9H11NO6. The molecule has 88 valence electrons. The first-order valence-corrected chi connectivity index (χ1v) is 4.37. The summed E-state index contributed by atoms with van der Waals surface area (Å²) in [4.78, 5) is 34.5. The molecule has 0 saturated heterocycles. The highest BCUT2D eigenvalue weighted by atomic mass is 16.5. The SMILES string of the molecule is COC(=O)CN1CC(C(=O)OC)=C(O)C1=O. The van der Waals surface area contributed by atoms with Gasteiger partial charge in [-0.15, -0.1) is 0 Å². The van der Waals surface area contributed by atoms with Crippen molar-refractivity contribution in [3.8, 4) is 0 Å². The lowest BCUT2D eigenvalue weighted by molar-refractivity contribution is -0.145. The van der Waals surface area contributed by atoms with E-state index in [4.69, 9.17) is 0 Å². The Morgan fingerprint density at radius 2 is 2.00 bits per heavy atom. The number of carbonyl (C=O) groups excluding carboxylic acids is 3. The van der Waals surface area contributed by atoms with Gasteiger partial charge >= 0.3 is 11.9 Å². The molecule has 0 aromatic carbocycles. The van der Waals surface area contributed by atoms with Crippen LogP contribution in [0.2, 0.25) is 0 Å². The van der Waals surface area contributed by atoms with E-state index in [9.17, 15) is 19.5 Å². The van der Waals surface area contributed by atoms with Crippen LogP contribution in [0.15, 0.2) is 11.3 Å². The molecule has 0 spiro atoms. The Bertz CT molecular complexity index is 372. The highest BCUT2D eigenvalue weighted by Crippen LogP contribution is 2.17. The number of carbonyl (C=O) groups is 3. The summed E-state index contributed by atoms with van der Waals surface area (Å²) in [7, 11) is 2.31. The van der Waals surface area contributed by atoms with Gasteiger partial charge in [-0.05, 0) is 0 Å². The highest BCUT2D eigenvalue weighted by Gasteiger charge is 2.35. The molecule has 0 aromatic heterocycles. The number of nitrogens with zero attached hydrogens (tertiary/aromatic N) is 1. The molecule has 1 amide bonds. The van der Waals surface area contributed by atoms with Crippen molar-refractivity contribution in [1.82, 2.24) is 4.90 Å². The smallest absolute Gasteiger partial charge is 0.339 e. The molecule has 7 nitrogen and oxygen atoms in total. The molecule has 0 radical (unpaired) electrons. The lowest BCUT2D eigenvalue weighted by Gasteiger charge is -2.13. The summed E-state index contributed by atoms with van der Waals surface area (Å²) >= 11 is 0. The molecule has 0 aromatic rings. The zero-order chi connectivity index (χ0) is 12.3. The van der Waals surface area contributed by atoms with Crippen molar-refractivity contribution < 1.29 is 29.0 Å². The van der Waals surface area contributed by atoms with Crippen LogP contribution in [0.1, 0.15) is 0 Å². The molecule has 0 bridgehead atoms. The van der Waals surface area contributed by atoms with E-state index in [1.54, 1.807) is 0 Å². The summed E-state index contributed by atoms with van der Waals surface area (Å²) in [6, 6.07) is 0. The Labute approximate surface area is 91.2 Å². The van der Waals surface area contributed by atoms with Gasteiger partial charge in [-0.1, -0.05) is 0 Å². The average Bonchev–Trinajstić information content (AvgIpc) is 2.56. The van der Waals surface area contributed by atoms with Crippen LogP contribution in [0.25, 0.3) is 0 Å². The molecule has 16 heavy (non-hydrogen) atoms. The number of rotatable bonds is 3. The van der Waals surface area contributed by atoms with E-state index in [0.717, 1.165) is 12.0 Å². The van der Waals surface area contributed by atoms with E-state index in [1.165, 1.54) is 7.11 Å². The zero-order valence-corrected chi connectivity index (χ0v) is 8.85. The number of aliphatic hydroxyl groups excluding tert-OH is 1. The van der Waals surface area contributed by atoms with Gasteiger partial charge in [0.25, 0.3) is 5.91 Å². The molecule has 0 unspecified atom stereocenters. The lowest BCUT2D eigenvalue weighted by Crippen LogP contribution is -2.33. The van der Waals surface area contributed by atoms with Gasteiger partial charge in [0.15, 0.2) is 5.76 Å². The minimum absolute atomic E-state index is 0.156. The second kappa shape index (κ2) is 4.65. The van der Waals surface area contributed by atoms with E-state index < -0.39 is 23.6 Å². The van der Waals surface area contributed by atoms with Crippen LogP contribution >= 0.6 is 0 Å². The van der Waals surface area contributed by atoms with E-state index >= 15 is 0 Å². The van der Waals surface area contributed by atoms with Gasteiger partial charge in [0.05, 0.1) is 20.8 Å². The highest BCUT2D eigenvalue weighted by molar-refractivity contribution is 6.05. The number of hydrogen-bond donors (Lipinski definition) is 1. The molecule has 1 aliphatic rings. The van der Waals surface area contributed by atoms with Crippen LogP contribution in [0, 0.1) is 0 Å². The average molecular weight is 229 g/mol. The fourth-order valence-corrected chi connectivity index (χ4v) is 1.25. The van der Waals surface area contributed by atoms with Crippen molar-refractivity contribution in [2.24, 2.45) is 0 Å². The third-order valence-electron chi connectivity index (χ3n) is 2.10. The summed E-state index contributed by atoms with van der Waals surface area (Å²) in [6.07, 6.45) is 0. The molecule has 0 atom stereocenters. The van der Waals surface area contributed by atoms with Crippen molar-refractivity contribution >= 4 is 17.8 Å². The predicted octanol–water partition coefficient (Wildman–Crippen LogP) is -1.01. The zero-order valence-electron chi connectivity index (χ0n) is 8.85. The van der Waals surface area contributed by atoms with E-state index in [-0.39, 0.29) is 18.7 Å². The predicted molar refractivity (Wildman–Crippen MR) is 50.3 cm³/mol. The standard InChI is InChI=1S/C9H11NO6/c1-15-6(11)4-10-3-5(9(14)16-2)7(12)8(10)13/h12H,3-4H2,1-2H3. The van der Waals surface area contributed by atoms with E-state index in [2.05, 4.69) is 9.47 Å². The van der Waals surface area contributed by atoms with Gasteiger partial charge in [0.1, 0.15) is 12.1 Å². The monoisotopic (exact) mass is 229 g/mol. The van der Waals surface area contributed by atoms with E-state index in [0.29, 0.717) is 0 Å². The lowest BCUT2D eigenvalue weighted by atomic mass is 10.3. The van der Waals surface area contributed by atoms with Gasteiger partial charge in [-0.3, -0.25) is 9.59 Å². The Kier molecular flexibility index (Phi) is 3.49. The number of ether oxygens (including phenoxy) is 2. The number of aliphatic hydroxyl groups is 1. The first-order valence-electron chi connectivity index (χ1n) is 4.37. The molecule has 1 rings (SSSR count). The Morgan fingerprint density at radius 1 is 1.38 bits per heavy atom. The molecule has 7 heteroatoms. The largest absolute Gasteiger partial charge is 0.503 e. The third kappa shape index (κ3) is 2.13. The minimum atomic E-state index is -0.793. The maximum absolute atomic E-state index is 11.4. The number of amides is 1. The maximum Gasteiger partial charge on any atom is 0.339 e. The van der Waals surface area contributed by atoms with Crippen molar-refractivity contribution in [3.63, 3.8) is 0 Å². The van der Waals surface area contributed by atoms with Crippen LogP contribution in [-0.2, 0) is 23.9 Å². The van der Waals surface area contributed by atoms with Crippen LogP contribution in [-0.4, -0.2) is 55.2 Å². The second-order valence-corrected chi connectivity index (χ2v) is 3.06. The topological polar surface area (TPSA) is 93.1 Å². The number of methoxy groups -OCH3 is 2. The quantitative estimate of drug-likeness (QED) is 0.623. The van der Waals surface area contributed by atoms with Crippen molar-refractivity contribution in [2.75, 3.05) is 27.3 Å². The van der Waals surface area contributed by atoms with Gasteiger partial charge < -0.3 is 19.5 Å². The van der Waals surface area contributed by atoms with Gasteiger partial charge in [0.2, 0.25) is 0 Å². The van der Waals surface area contributed by atoms with Crippen LogP contribution in [0.5, 0.6) is 0 Å². The maximum atomic E-state index is 11.4. The van der Waals surface area contributed by atoms with Crippen molar-refractivity contribution in [2.45, 2.75) is 0 Å². The number of hydrogen-bond acceptors (Lipinski definition) is 6. The summed E-state index contributed by atoms with van der Waals surface area (Å²) in [5, 5.41) is 9.35. The fraction of sp³-hybridized carbons (Fsp3) is 0.444. The molecule has 0 saturated carbocycles. The molecular weight excluding hydrogens is 218 g/mol. The van der Waals surface area contributed by atoms with E-state index in [1.807, 2.05) is 0 Å². The van der Waals surface area contributed by atoms with Gasteiger partial charge in [-0.25, -0.2) is 4.79 Å². The van der Waals surface area contributed by atoms with Crippen LogP contribution in [0.4, 0.5) is 0 Å². The second-order valence-electron chi connectivity index (χ2n) is 3.06.